The summed E-state index contributed by atoms with van der Waals surface area (Å²) in [4.78, 5) is 7.28. The second kappa shape index (κ2) is 5.52. The van der Waals surface area contributed by atoms with Crippen molar-refractivity contribution in [1.29, 1.82) is 0 Å². The smallest absolute Gasteiger partial charge is 0.145 e. The highest BCUT2D eigenvalue weighted by atomic mass is 16.5. The van der Waals surface area contributed by atoms with Crippen LogP contribution in [0.4, 0.5) is 11.4 Å². The molecule has 1 aromatic heterocycles. The second-order valence-corrected chi connectivity index (χ2v) is 6.57. The van der Waals surface area contributed by atoms with Crippen molar-refractivity contribution in [3.63, 3.8) is 0 Å². The maximum atomic E-state index is 5.54. The van der Waals surface area contributed by atoms with E-state index in [1.54, 1.807) is 7.11 Å². The van der Waals surface area contributed by atoms with Gasteiger partial charge < -0.3 is 9.64 Å². The summed E-state index contributed by atoms with van der Waals surface area (Å²) in [5.74, 6) is 0.839. The Hall–Kier alpha value is -2.55. The normalized spacial score (nSPS) is 13.4. The molecular weight excluding hydrogens is 296 g/mol. The summed E-state index contributed by atoms with van der Waals surface area (Å²) in [6.45, 7) is 7.44. The minimum Gasteiger partial charge on any atom is -0.494 e. The van der Waals surface area contributed by atoms with Crippen molar-refractivity contribution >= 4 is 22.3 Å². The minimum absolute atomic E-state index is 0.839. The summed E-state index contributed by atoms with van der Waals surface area (Å²) in [6, 6.07) is 12.9. The molecule has 0 fully saturated rings. The lowest BCUT2D eigenvalue weighted by Crippen LogP contribution is -2.15. The molecule has 0 atom stereocenters. The van der Waals surface area contributed by atoms with Crippen molar-refractivity contribution < 1.29 is 4.74 Å². The van der Waals surface area contributed by atoms with E-state index in [0.717, 1.165) is 29.9 Å². The molecule has 2 aromatic carbocycles. The number of methoxy groups -OCH3 is 1. The van der Waals surface area contributed by atoms with Crippen LogP contribution >= 0.6 is 0 Å². The molecule has 1 aliphatic heterocycles. The SMILES string of the molecule is COc1cccc2c3c(c(C)nc12)CCN3c1ccc(C)cc1C. The molecule has 3 heteroatoms. The fraction of sp³-hybridized carbons (Fsp3) is 0.286. The number of pyridine rings is 1. The van der Waals surface area contributed by atoms with E-state index in [4.69, 9.17) is 9.72 Å². The van der Waals surface area contributed by atoms with E-state index >= 15 is 0 Å². The van der Waals surface area contributed by atoms with Crippen LogP contribution in [0, 0.1) is 20.8 Å². The summed E-state index contributed by atoms with van der Waals surface area (Å²) >= 11 is 0. The topological polar surface area (TPSA) is 25.4 Å². The van der Waals surface area contributed by atoms with Gasteiger partial charge in [-0.15, -0.1) is 0 Å². The van der Waals surface area contributed by atoms with Crippen molar-refractivity contribution in [2.24, 2.45) is 0 Å². The number of hydrogen-bond donors (Lipinski definition) is 0. The lowest BCUT2D eigenvalue weighted by Gasteiger charge is -2.24. The van der Waals surface area contributed by atoms with Crippen LogP contribution in [0.1, 0.15) is 22.4 Å². The van der Waals surface area contributed by atoms with Crippen molar-refractivity contribution in [1.82, 2.24) is 4.98 Å². The molecular formula is C21H22N2O. The Morgan fingerprint density at radius 1 is 1.08 bits per heavy atom. The first kappa shape index (κ1) is 15.0. The molecule has 0 saturated carbocycles. The molecule has 0 spiro atoms. The molecule has 0 aliphatic carbocycles. The molecule has 122 valence electrons. The standard InChI is InChI=1S/C21H22N2O/c1-13-8-9-18(14(2)12-13)23-11-10-16-15(3)22-20-17(21(16)23)6-5-7-19(20)24-4/h5-9,12H,10-11H2,1-4H3. The molecule has 24 heavy (non-hydrogen) atoms. The Bertz CT molecular complexity index is 946. The molecule has 4 rings (SSSR count). The summed E-state index contributed by atoms with van der Waals surface area (Å²) in [5, 5.41) is 1.17. The first-order valence-electron chi connectivity index (χ1n) is 8.41. The number of ether oxygens (including phenoxy) is 1. The number of hydrogen-bond acceptors (Lipinski definition) is 3. The van der Waals surface area contributed by atoms with Crippen LogP contribution in [-0.4, -0.2) is 18.6 Å². The van der Waals surface area contributed by atoms with Gasteiger partial charge in [0.15, 0.2) is 0 Å². The Kier molecular flexibility index (Phi) is 3.45. The molecule has 0 saturated heterocycles. The first-order chi connectivity index (χ1) is 11.6. The Labute approximate surface area is 142 Å². The average molecular weight is 318 g/mol. The molecule has 0 amide bonds. The van der Waals surface area contributed by atoms with Gasteiger partial charge in [-0.3, -0.25) is 0 Å². The van der Waals surface area contributed by atoms with Crippen LogP contribution < -0.4 is 9.64 Å². The number of rotatable bonds is 2. The zero-order chi connectivity index (χ0) is 16.8. The maximum Gasteiger partial charge on any atom is 0.145 e. The summed E-state index contributed by atoms with van der Waals surface area (Å²) in [6.07, 6.45) is 1.04. The van der Waals surface area contributed by atoms with Gasteiger partial charge in [-0.2, -0.15) is 0 Å². The lowest BCUT2D eigenvalue weighted by molar-refractivity contribution is 0.419. The summed E-state index contributed by atoms with van der Waals surface area (Å²) in [7, 11) is 1.71. The molecule has 0 radical (unpaired) electrons. The highest BCUT2D eigenvalue weighted by Gasteiger charge is 2.27. The molecule has 0 N–H and O–H groups in total. The Morgan fingerprint density at radius 3 is 2.67 bits per heavy atom. The highest BCUT2D eigenvalue weighted by Crippen LogP contribution is 2.43. The molecule has 3 nitrogen and oxygen atoms in total. The van der Waals surface area contributed by atoms with E-state index in [9.17, 15) is 0 Å². The fourth-order valence-corrected chi connectivity index (χ4v) is 3.85. The summed E-state index contributed by atoms with van der Waals surface area (Å²) < 4.78 is 5.54. The van der Waals surface area contributed by atoms with Crippen molar-refractivity contribution in [3.05, 3.63) is 58.8 Å². The van der Waals surface area contributed by atoms with Crippen molar-refractivity contribution in [2.45, 2.75) is 27.2 Å². The monoisotopic (exact) mass is 318 g/mol. The largest absolute Gasteiger partial charge is 0.494 e. The van der Waals surface area contributed by atoms with E-state index in [1.807, 2.05) is 6.07 Å². The van der Waals surface area contributed by atoms with E-state index < -0.39 is 0 Å². The third kappa shape index (κ3) is 2.15. The van der Waals surface area contributed by atoms with Gasteiger partial charge in [-0.25, -0.2) is 4.98 Å². The van der Waals surface area contributed by atoms with Gasteiger partial charge in [-0.1, -0.05) is 29.8 Å². The van der Waals surface area contributed by atoms with Crippen molar-refractivity contribution in [3.8, 4) is 5.75 Å². The van der Waals surface area contributed by atoms with Crippen LogP contribution in [0.5, 0.6) is 5.75 Å². The quantitative estimate of drug-likeness (QED) is 0.674. The van der Waals surface area contributed by atoms with E-state index in [1.165, 1.54) is 33.5 Å². The molecule has 0 unspecified atom stereocenters. The number of para-hydroxylation sites is 1. The average Bonchev–Trinajstić information content (AvgIpc) is 3.00. The number of anilines is 2. The number of aromatic nitrogens is 1. The number of nitrogens with zero attached hydrogens (tertiary/aromatic N) is 2. The van der Waals surface area contributed by atoms with Crippen LogP contribution in [0.25, 0.3) is 10.9 Å². The molecule has 3 aromatic rings. The van der Waals surface area contributed by atoms with Gasteiger partial charge in [0.2, 0.25) is 0 Å². The van der Waals surface area contributed by atoms with Crippen LogP contribution in [0.2, 0.25) is 0 Å². The first-order valence-corrected chi connectivity index (χ1v) is 8.41. The second-order valence-electron chi connectivity index (χ2n) is 6.57. The van der Waals surface area contributed by atoms with E-state index in [2.05, 4.69) is 56.0 Å². The van der Waals surface area contributed by atoms with E-state index in [0.29, 0.717) is 0 Å². The van der Waals surface area contributed by atoms with Gasteiger partial charge >= 0.3 is 0 Å². The Morgan fingerprint density at radius 2 is 1.92 bits per heavy atom. The number of benzene rings is 2. The fourth-order valence-electron chi connectivity index (χ4n) is 3.85. The zero-order valence-corrected chi connectivity index (χ0v) is 14.7. The predicted octanol–water partition coefficient (Wildman–Crippen LogP) is 4.86. The van der Waals surface area contributed by atoms with Crippen LogP contribution in [-0.2, 0) is 6.42 Å². The van der Waals surface area contributed by atoms with Gasteiger partial charge in [0, 0.05) is 23.3 Å². The van der Waals surface area contributed by atoms with Crippen LogP contribution in [0.3, 0.4) is 0 Å². The molecule has 2 heterocycles. The van der Waals surface area contributed by atoms with E-state index in [-0.39, 0.29) is 0 Å². The van der Waals surface area contributed by atoms with Crippen molar-refractivity contribution in [2.75, 3.05) is 18.6 Å². The van der Waals surface area contributed by atoms with Gasteiger partial charge in [0.05, 0.1) is 12.8 Å². The minimum atomic E-state index is 0.839. The van der Waals surface area contributed by atoms with Gasteiger partial charge in [-0.05, 0) is 50.5 Å². The lowest BCUT2D eigenvalue weighted by atomic mass is 10.0. The highest BCUT2D eigenvalue weighted by molar-refractivity contribution is 6.00. The number of fused-ring (bicyclic) bond motifs is 3. The molecule has 0 bridgehead atoms. The van der Waals surface area contributed by atoms with Gasteiger partial charge in [0.1, 0.15) is 11.3 Å². The maximum absolute atomic E-state index is 5.54. The third-order valence-corrected chi connectivity index (χ3v) is 4.97. The third-order valence-electron chi connectivity index (χ3n) is 4.97. The van der Waals surface area contributed by atoms with Gasteiger partial charge in [0.25, 0.3) is 0 Å². The summed E-state index contributed by atoms with van der Waals surface area (Å²) in [5.41, 5.74) is 8.61. The number of aryl methyl sites for hydroxylation is 3. The van der Waals surface area contributed by atoms with Crippen LogP contribution in [0.15, 0.2) is 36.4 Å². The zero-order valence-electron chi connectivity index (χ0n) is 14.7. The Balaban J connectivity index is 2.00. The predicted molar refractivity (Wildman–Crippen MR) is 99.7 cm³/mol. The molecule has 1 aliphatic rings.